The average molecular weight is 280 g/mol. The van der Waals surface area contributed by atoms with E-state index in [4.69, 9.17) is 10.3 Å². The van der Waals surface area contributed by atoms with Crippen molar-refractivity contribution in [1.82, 2.24) is 5.43 Å². The van der Waals surface area contributed by atoms with Crippen LogP contribution in [-0.4, -0.2) is 0 Å². The number of benzene rings is 2. The van der Waals surface area contributed by atoms with Gasteiger partial charge in [-0.05, 0) is 49.1 Å². The Bertz CT molecular complexity index is 728. The molecule has 0 spiro atoms. The Morgan fingerprint density at radius 2 is 1.86 bits per heavy atom. The fraction of sp³-hybridized carbons (Fsp3) is 0.222. The van der Waals surface area contributed by atoms with Crippen molar-refractivity contribution in [3.05, 3.63) is 71.0 Å². The lowest BCUT2D eigenvalue weighted by molar-refractivity contribution is 0.434. The lowest BCUT2D eigenvalue weighted by Gasteiger charge is -2.14. The Kier molecular flexibility index (Phi) is 3.78. The van der Waals surface area contributed by atoms with Crippen molar-refractivity contribution in [1.29, 1.82) is 0 Å². The molecule has 0 aliphatic heterocycles. The third-order valence-electron chi connectivity index (χ3n) is 4.00. The monoisotopic (exact) mass is 280 g/mol. The van der Waals surface area contributed by atoms with E-state index in [1.807, 2.05) is 24.3 Å². The van der Waals surface area contributed by atoms with Crippen LogP contribution in [0.25, 0.3) is 11.0 Å². The van der Waals surface area contributed by atoms with Gasteiger partial charge in [0.25, 0.3) is 0 Å². The van der Waals surface area contributed by atoms with Gasteiger partial charge in [-0.25, -0.2) is 5.43 Å². The molecule has 0 radical (unpaired) electrons. The molecular weight excluding hydrogens is 260 g/mol. The number of hydrazine groups is 1. The summed E-state index contributed by atoms with van der Waals surface area (Å²) in [6, 6.07) is 16.5. The molecule has 1 heterocycles. The van der Waals surface area contributed by atoms with Crippen molar-refractivity contribution in [2.45, 2.75) is 26.3 Å². The van der Waals surface area contributed by atoms with Gasteiger partial charge in [-0.1, -0.05) is 36.4 Å². The van der Waals surface area contributed by atoms with Crippen LogP contribution in [0.3, 0.4) is 0 Å². The van der Waals surface area contributed by atoms with Gasteiger partial charge in [-0.3, -0.25) is 5.84 Å². The minimum Gasteiger partial charge on any atom is -0.459 e. The summed E-state index contributed by atoms with van der Waals surface area (Å²) in [5.41, 5.74) is 7.62. The fourth-order valence-corrected chi connectivity index (χ4v) is 2.58. The number of rotatable bonds is 4. The second-order valence-electron chi connectivity index (χ2n) is 5.53. The first-order valence-electron chi connectivity index (χ1n) is 7.18. The third kappa shape index (κ3) is 2.84. The van der Waals surface area contributed by atoms with E-state index < -0.39 is 0 Å². The van der Waals surface area contributed by atoms with E-state index in [0.717, 1.165) is 23.2 Å². The van der Waals surface area contributed by atoms with Crippen LogP contribution in [-0.2, 0) is 6.42 Å². The lowest BCUT2D eigenvalue weighted by atomic mass is 10.00. The zero-order valence-corrected chi connectivity index (χ0v) is 12.4. The molecule has 0 saturated heterocycles. The fourth-order valence-electron chi connectivity index (χ4n) is 2.58. The predicted molar refractivity (Wildman–Crippen MR) is 85.9 cm³/mol. The van der Waals surface area contributed by atoms with Gasteiger partial charge in [0.2, 0.25) is 0 Å². The molecule has 3 aromatic rings. The smallest absolute Gasteiger partial charge is 0.134 e. The standard InChI is InChI=1S/C18H20N2O/c1-12-7-8-14(9-13(12)2)10-16(20-19)18-11-15-5-3-4-6-17(15)21-18/h3-9,11,16,20H,10,19H2,1-2H3. The highest BCUT2D eigenvalue weighted by molar-refractivity contribution is 5.77. The first kappa shape index (κ1) is 13.9. The molecule has 3 N–H and O–H groups in total. The molecule has 0 aliphatic carbocycles. The molecular formula is C18H20N2O. The van der Waals surface area contributed by atoms with Crippen LogP contribution in [0.15, 0.2) is 52.9 Å². The van der Waals surface area contributed by atoms with Crippen molar-refractivity contribution in [2.75, 3.05) is 0 Å². The maximum Gasteiger partial charge on any atom is 0.134 e. The molecule has 3 nitrogen and oxygen atoms in total. The van der Waals surface area contributed by atoms with Crippen LogP contribution in [0, 0.1) is 13.8 Å². The Hall–Kier alpha value is -2.10. The van der Waals surface area contributed by atoms with Gasteiger partial charge >= 0.3 is 0 Å². The Morgan fingerprint density at radius 1 is 1.05 bits per heavy atom. The molecule has 2 aromatic carbocycles. The van der Waals surface area contributed by atoms with Crippen molar-refractivity contribution < 1.29 is 4.42 Å². The lowest BCUT2D eigenvalue weighted by Crippen LogP contribution is -2.29. The third-order valence-corrected chi connectivity index (χ3v) is 4.00. The van der Waals surface area contributed by atoms with Crippen LogP contribution in [0.4, 0.5) is 0 Å². The second kappa shape index (κ2) is 5.72. The van der Waals surface area contributed by atoms with E-state index in [1.54, 1.807) is 0 Å². The second-order valence-corrected chi connectivity index (χ2v) is 5.53. The van der Waals surface area contributed by atoms with Crippen LogP contribution in [0.5, 0.6) is 0 Å². The number of fused-ring (bicyclic) bond motifs is 1. The molecule has 0 fully saturated rings. The van der Waals surface area contributed by atoms with Crippen LogP contribution < -0.4 is 11.3 Å². The SMILES string of the molecule is Cc1ccc(CC(NN)c2cc3ccccc3o2)cc1C. The number of hydrogen-bond acceptors (Lipinski definition) is 3. The molecule has 21 heavy (non-hydrogen) atoms. The highest BCUT2D eigenvalue weighted by Gasteiger charge is 2.15. The molecule has 3 heteroatoms. The van der Waals surface area contributed by atoms with Crippen molar-refractivity contribution in [2.24, 2.45) is 5.84 Å². The first-order valence-corrected chi connectivity index (χ1v) is 7.18. The van der Waals surface area contributed by atoms with Gasteiger partial charge in [0.15, 0.2) is 0 Å². The Morgan fingerprint density at radius 3 is 2.57 bits per heavy atom. The van der Waals surface area contributed by atoms with E-state index in [2.05, 4.69) is 43.5 Å². The summed E-state index contributed by atoms with van der Waals surface area (Å²) in [6.07, 6.45) is 0.803. The zero-order valence-electron chi connectivity index (χ0n) is 12.4. The van der Waals surface area contributed by atoms with Gasteiger partial charge in [0.1, 0.15) is 11.3 Å². The number of para-hydroxylation sites is 1. The van der Waals surface area contributed by atoms with E-state index in [-0.39, 0.29) is 6.04 Å². The maximum atomic E-state index is 5.90. The Labute approximate surface area is 124 Å². The molecule has 0 bridgehead atoms. The molecule has 1 atom stereocenters. The molecule has 0 amide bonds. The molecule has 0 saturated carbocycles. The largest absolute Gasteiger partial charge is 0.459 e. The van der Waals surface area contributed by atoms with E-state index in [1.165, 1.54) is 16.7 Å². The first-order chi connectivity index (χ1) is 10.2. The minimum atomic E-state index is -0.0282. The quantitative estimate of drug-likeness (QED) is 0.564. The highest BCUT2D eigenvalue weighted by Crippen LogP contribution is 2.26. The zero-order chi connectivity index (χ0) is 14.8. The topological polar surface area (TPSA) is 51.2 Å². The summed E-state index contributed by atoms with van der Waals surface area (Å²) < 4.78 is 5.90. The van der Waals surface area contributed by atoms with Gasteiger partial charge in [0, 0.05) is 5.39 Å². The summed E-state index contributed by atoms with van der Waals surface area (Å²) in [5, 5.41) is 1.10. The molecule has 108 valence electrons. The van der Waals surface area contributed by atoms with Crippen molar-refractivity contribution in [3.63, 3.8) is 0 Å². The van der Waals surface area contributed by atoms with Gasteiger partial charge in [-0.2, -0.15) is 0 Å². The van der Waals surface area contributed by atoms with E-state index in [0.29, 0.717) is 0 Å². The number of aryl methyl sites for hydroxylation is 2. The highest BCUT2D eigenvalue weighted by atomic mass is 16.3. The van der Waals surface area contributed by atoms with Crippen LogP contribution in [0.2, 0.25) is 0 Å². The van der Waals surface area contributed by atoms with E-state index >= 15 is 0 Å². The summed E-state index contributed by atoms with van der Waals surface area (Å²) in [7, 11) is 0. The predicted octanol–water partition coefficient (Wildman–Crippen LogP) is 3.80. The number of hydrogen-bond donors (Lipinski definition) is 2. The van der Waals surface area contributed by atoms with E-state index in [9.17, 15) is 0 Å². The number of nitrogens with one attached hydrogen (secondary N) is 1. The Balaban J connectivity index is 1.88. The van der Waals surface area contributed by atoms with Crippen molar-refractivity contribution in [3.8, 4) is 0 Å². The maximum absolute atomic E-state index is 5.90. The molecule has 0 aliphatic rings. The number of nitrogens with two attached hydrogens (primary N) is 1. The van der Waals surface area contributed by atoms with Crippen LogP contribution in [0.1, 0.15) is 28.5 Å². The minimum absolute atomic E-state index is 0.0282. The van der Waals surface area contributed by atoms with Crippen molar-refractivity contribution >= 4 is 11.0 Å². The summed E-state index contributed by atoms with van der Waals surface area (Å²) >= 11 is 0. The average Bonchev–Trinajstić information content (AvgIpc) is 2.92. The van der Waals surface area contributed by atoms with Gasteiger partial charge in [0.05, 0.1) is 6.04 Å². The number of furan rings is 1. The summed E-state index contributed by atoms with van der Waals surface area (Å²) in [4.78, 5) is 0. The normalized spacial score (nSPS) is 12.7. The van der Waals surface area contributed by atoms with Gasteiger partial charge < -0.3 is 4.42 Å². The summed E-state index contributed by atoms with van der Waals surface area (Å²) in [5.74, 6) is 6.60. The summed E-state index contributed by atoms with van der Waals surface area (Å²) in [6.45, 7) is 4.25. The van der Waals surface area contributed by atoms with Crippen LogP contribution >= 0.6 is 0 Å². The van der Waals surface area contributed by atoms with Gasteiger partial charge in [-0.15, -0.1) is 0 Å². The molecule has 1 unspecified atom stereocenters. The molecule has 1 aromatic heterocycles. The molecule has 3 rings (SSSR count).